The Bertz CT molecular complexity index is 1970. The number of nitrogens with one attached hydrogen (secondary N) is 2. The summed E-state index contributed by atoms with van der Waals surface area (Å²) >= 11 is 6.72. The second kappa shape index (κ2) is 13.1. The first-order valence-electron chi connectivity index (χ1n) is 15.5. The lowest BCUT2D eigenvalue weighted by molar-refractivity contribution is -0.139. The van der Waals surface area contributed by atoms with Crippen LogP contribution >= 0.6 is 11.6 Å². The van der Waals surface area contributed by atoms with E-state index in [4.69, 9.17) is 11.6 Å². The molecule has 0 amide bonds. The summed E-state index contributed by atoms with van der Waals surface area (Å²) in [5.74, 6) is -1.40. The molecule has 6 rings (SSSR count). The average Bonchev–Trinajstić information content (AvgIpc) is 3.54. The highest BCUT2D eigenvalue weighted by Crippen LogP contribution is 2.39. The molecule has 8 nitrogen and oxygen atoms in total. The Labute approximate surface area is 280 Å². The maximum absolute atomic E-state index is 14.0. The van der Waals surface area contributed by atoms with Crippen LogP contribution in [0.4, 0.5) is 34.6 Å². The van der Waals surface area contributed by atoms with Crippen molar-refractivity contribution in [3.05, 3.63) is 106 Å². The molecule has 1 unspecified atom stereocenters. The first kappa shape index (κ1) is 33.2. The van der Waals surface area contributed by atoms with Crippen molar-refractivity contribution < 1.29 is 17.6 Å². The number of nitriles is 1. The summed E-state index contributed by atoms with van der Waals surface area (Å²) in [6, 6.07) is 17.5. The van der Waals surface area contributed by atoms with E-state index in [-0.39, 0.29) is 33.5 Å². The monoisotopic (exact) mass is 676 g/mol. The normalized spacial score (nSPS) is 15.3. The van der Waals surface area contributed by atoms with Gasteiger partial charge in [-0.15, -0.1) is 5.10 Å². The average molecular weight is 677 g/mol. The SMILES string of the molecule is CC(C)(C)N1CCC(n2cc(C(Nc3cc(Cl)c4ncc(C#N)c(Nc5ccc(F)c(C(F)(F)F)c5)c4c3)c3ccccc3)nn2)CC1. The van der Waals surface area contributed by atoms with Gasteiger partial charge >= 0.3 is 6.18 Å². The first-order chi connectivity index (χ1) is 22.8. The number of fused-ring (bicyclic) bond motifs is 1. The van der Waals surface area contributed by atoms with Crippen molar-refractivity contribution in [1.29, 1.82) is 5.26 Å². The largest absolute Gasteiger partial charge is 0.419 e. The molecule has 3 aromatic carbocycles. The molecule has 248 valence electrons. The number of piperidine rings is 1. The molecule has 1 saturated heterocycles. The van der Waals surface area contributed by atoms with E-state index in [2.05, 4.69) is 51.6 Å². The Kier molecular flexibility index (Phi) is 9.02. The van der Waals surface area contributed by atoms with Gasteiger partial charge in [-0.25, -0.2) is 9.07 Å². The molecular formula is C35H33ClF4N8. The Hall–Kier alpha value is -4.73. The van der Waals surface area contributed by atoms with Gasteiger partial charge in [-0.3, -0.25) is 9.88 Å². The molecule has 0 aliphatic carbocycles. The minimum atomic E-state index is -4.90. The maximum atomic E-state index is 14.0. The molecular weight excluding hydrogens is 644 g/mol. The first-order valence-corrected chi connectivity index (χ1v) is 15.8. The molecule has 1 aliphatic rings. The van der Waals surface area contributed by atoms with E-state index in [1.165, 1.54) is 12.3 Å². The number of likely N-dealkylation sites (tertiary alicyclic amines) is 1. The minimum Gasteiger partial charge on any atom is -0.373 e. The van der Waals surface area contributed by atoms with E-state index in [0.717, 1.165) is 37.6 Å². The van der Waals surface area contributed by atoms with Crippen molar-refractivity contribution in [1.82, 2.24) is 24.9 Å². The van der Waals surface area contributed by atoms with Crippen LogP contribution < -0.4 is 10.6 Å². The number of nitrogens with zero attached hydrogens (tertiary/aromatic N) is 6. The molecule has 48 heavy (non-hydrogen) atoms. The minimum absolute atomic E-state index is 0.0608. The number of hydrogen-bond acceptors (Lipinski definition) is 7. The summed E-state index contributed by atoms with van der Waals surface area (Å²) in [4.78, 5) is 6.82. The van der Waals surface area contributed by atoms with Crippen molar-refractivity contribution in [2.24, 2.45) is 0 Å². The zero-order chi connectivity index (χ0) is 34.2. The zero-order valence-electron chi connectivity index (χ0n) is 26.5. The van der Waals surface area contributed by atoms with Crippen molar-refractivity contribution in [3.63, 3.8) is 0 Å². The number of hydrogen-bond donors (Lipinski definition) is 2. The van der Waals surface area contributed by atoms with E-state index >= 15 is 0 Å². The molecule has 1 aliphatic heterocycles. The summed E-state index contributed by atoms with van der Waals surface area (Å²) in [5, 5.41) is 26.0. The van der Waals surface area contributed by atoms with Crippen molar-refractivity contribution in [2.75, 3.05) is 23.7 Å². The van der Waals surface area contributed by atoms with Crippen LogP contribution in [0, 0.1) is 17.1 Å². The van der Waals surface area contributed by atoms with Crippen LogP contribution in [-0.2, 0) is 6.18 Å². The van der Waals surface area contributed by atoms with Crippen molar-refractivity contribution >= 4 is 39.6 Å². The number of halogens is 5. The third-order valence-corrected chi connectivity index (χ3v) is 8.93. The number of aromatic nitrogens is 4. The third kappa shape index (κ3) is 6.93. The topological polar surface area (TPSA) is 94.7 Å². The van der Waals surface area contributed by atoms with Crippen molar-refractivity contribution in [2.45, 2.75) is 57.4 Å². The van der Waals surface area contributed by atoms with Crippen LogP contribution in [-0.4, -0.2) is 43.5 Å². The number of pyridine rings is 1. The summed E-state index contributed by atoms with van der Waals surface area (Å²) in [7, 11) is 0. The highest BCUT2D eigenvalue weighted by molar-refractivity contribution is 6.36. The molecule has 0 spiro atoms. The number of alkyl halides is 3. The second-order valence-corrected chi connectivity index (χ2v) is 13.2. The Morgan fingerprint density at radius 2 is 1.73 bits per heavy atom. The van der Waals surface area contributed by atoms with Crippen molar-refractivity contribution in [3.8, 4) is 6.07 Å². The smallest absolute Gasteiger partial charge is 0.373 e. The summed E-state index contributed by atoms with van der Waals surface area (Å²) < 4.78 is 56.4. The van der Waals surface area contributed by atoms with Gasteiger partial charge in [-0.2, -0.15) is 18.4 Å². The fourth-order valence-electron chi connectivity index (χ4n) is 6.07. The molecule has 0 radical (unpaired) electrons. The quantitative estimate of drug-likeness (QED) is 0.166. The highest BCUT2D eigenvalue weighted by atomic mass is 35.5. The van der Waals surface area contributed by atoms with E-state index in [1.807, 2.05) is 47.3 Å². The molecule has 5 aromatic rings. The van der Waals surface area contributed by atoms with Crippen LogP contribution in [0.25, 0.3) is 10.9 Å². The summed E-state index contributed by atoms with van der Waals surface area (Å²) in [6.45, 7) is 8.59. The number of anilines is 3. The fourth-order valence-corrected chi connectivity index (χ4v) is 6.34. The lowest BCUT2D eigenvalue weighted by Gasteiger charge is -2.40. The Morgan fingerprint density at radius 1 is 1.00 bits per heavy atom. The van der Waals surface area contributed by atoms with Gasteiger partial charge < -0.3 is 10.6 Å². The van der Waals surface area contributed by atoms with Gasteiger partial charge in [-0.1, -0.05) is 47.1 Å². The predicted octanol–water partition coefficient (Wildman–Crippen LogP) is 8.89. The van der Waals surface area contributed by atoms with E-state index < -0.39 is 23.6 Å². The Balaban J connectivity index is 1.36. The maximum Gasteiger partial charge on any atom is 0.419 e. The fraction of sp³-hybridized carbons (Fsp3) is 0.314. The molecule has 3 heterocycles. The molecule has 2 aromatic heterocycles. The van der Waals surface area contributed by atoms with Gasteiger partial charge in [0.2, 0.25) is 0 Å². The second-order valence-electron chi connectivity index (χ2n) is 12.8. The predicted molar refractivity (Wildman–Crippen MR) is 178 cm³/mol. The molecule has 0 bridgehead atoms. The van der Waals surface area contributed by atoms with Gasteiger partial charge in [0.05, 0.1) is 45.6 Å². The van der Waals surface area contributed by atoms with Crippen LogP contribution in [0.15, 0.2) is 73.1 Å². The molecule has 1 fully saturated rings. The standard InChI is InChI=1S/C35H33ClF4N8/c1-34(2,3)47-13-11-25(12-14-47)48-20-30(45-46-48)32(21-7-5-4-6-8-21)44-24-15-26-31(22(18-41)19-42-33(26)28(36)17-24)43-23-9-10-29(37)27(16-23)35(38,39)40/h4-10,15-17,19-20,25,32,44H,11-14H2,1-3H3,(H,42,43). The third-order valence-electron chi connectivity index (χ3n) is 8.64. The molecule has 2 N–H and O–H groups in total. The molecule has 13 heteroatoms. The molecule has 1 atom stereocenters. The van der Waals surface area contributed by atoms with Gasteiger partial charge in [0.1, 0.15) is 17.6 Å². The van der Waals surface area contributed by atoms with Crippen LogP contribution in [0.5, 0.6) is 0 Å². The van der Waals surface area contributed by atoms with Gasteiger partial charge in [0, 0.05) is 41.6 Å². The molecule has 0 saturated carbocycles. The van der Waals surface area contributed by atoms with Crippen LogP contribution in [0.1, 0.15) is 68.1 Å². The van der Waals surface area contributed by atoms with E-state index in [1.54, 1.807) is 12.1 Å². The lowest BCUT2D eigenvalue weighted by atomic mass is 9.98. The summed E-state index contributed by atoms with van der Waals surface area (Å²) in [6.07, 6.45) is 0.242. The Morgan fingerprint density at radius 3 is 2.40 bits per heavy atom. The zero-order valence-corrected chi connectivity index (χ0v) is 27.2. The summed E-state index contributed by atoms with van der Waals surface area (Å²) in [5.41, 5.74) is 1.32. The van der Waals surface area contributed by atoms with Crippen LogP contribution in [0.3, 0.4) is 0 Å². The van der Waals surface area contributed by atoms with Gasteiger partial charge in [0.15, 0.2) is 0 Å². The number of rotatable bonds is 7. The highest BCUT2D eigenvalue weighted by Gasteiger charge is 2.34. The van der Waals surface area contributed by atoms with Gasteiger partial charge in [0.25, 0.3) is 0 Å². The van der Waals surface area contributed by atoms with Gasteiger partial charge in [-0.05, 0) is 69.5 Å². The lowest BCUT2D eigenvalue weighted by Crippen LogP contribution is -2.46. The van der Waals surface area contributed by atoms with E-state index in [9.17, 15) is 22.8 Å². The van der Waals surface area contributed by atoms with E-state index in [0.29, 0.717) is 28.4 Å². The van der Waals surface area contributed by atoms with Crippen LogP contribution in [0.2, 0.25) is 5.02 Å². The number of benzene rings is 3.